The summed E-state index contributed by atoms with van der Waals surface area (Å²) in [6, 6.07) is 7.69. The first-order valence-corrected chi connectivity index (χ1v) is 8.69. The second-order valence-electron chi connectivity index (χ2n) is 6.50. The van der Waals surface area contributed by atoms with Gasteiger partial charge >= 0.3 is 12.1 Å². The third-order valence-electron chi connectivity index (χ3n) is 4.09. The quantitative estimate of drug-likeness (QED) is 0.602. The van der Waals surface area contributed by atoms with Crippen molar-refractivity contribution in [1.82, 2.24) is 5.32 Å². The number of hydrogen-bond donors (Lipinski definition) is 3. The van der Waals surface area contributed by atoms with Gasteiger partial charge in [-0.25, -0.2) is 4.79 Å². The van der Waals surface area contributed by atoms with Gasteiger partial charge in [-0.2, -0.15) is 13.2 Å². The van der Waals surface area contributed by atoms with Gasteiger partial charge in [0.15, 0.2) is 0 Å². The number of halogens is 3. The lowest BCUT2D eigenvalue weighted by Crippen LogP contribution is -2.43. The highest BCUT2D eigenvalue weighted by Gasteiger charge is 2.30. The average molecular weight is 424 g/mol. The lowest BCUT2D eigenvalue weighted by atomic mass is 10.1. The van der Waals surface area contributed by atoms with Crippen LogP contribution in [0.3, 0.4) is 0 Å². The van der Waals surface area contributed by atoms with Gasteiger partial charge in [-0.15, -0.1) is 0 Å². The molecule has 4 N–H and O–H groups in total. The molecule has 0 aromatic heterocycles. The van der Waals surface area contributed by atoms with Crippen molar-refractivity contribution in [1.29, 1.82) is 0 Å². The minimum atomic E-state index is -4.45. The molecule has 160 valence electrons. The minimum absolute atomic E-state index is 0.0308. The zero-order chi connectivity index (χ0) is 22.5. The third-order valence-corrected chi connectivity index (χ3v) is 4.09. The first kappa shape index (κ1) is 22.7. The number of amides is 2. The Morgan fingerprint density at radius 1 is 1.17 bits per heavy atom. The Bertz CT molecular complexity index is 960. The van der Waals surface area contributed by atoms with E-state index in [1.54, 1.807) is 6.07 Å². The molecule has 0 spiro atoms. The van der Waals surface area contributed by atoms with E-state index >= 15 is 0 Å². The topological polar surface area (TPSA) is 119 Å². The van der Waals surface area contributed by atoms with E-state index in [4.69, 9.17) is 15.6 Å². The number of ether oxygens (including phenoxy) is 1. The van der Waals surface area contributed by atoms with Crippen LogP contribution in [-0.2, 0) is 22.4 Å². The molecule has 1 atom stereocenters. The van der Waals surface area contributed by atoms with Crippen molar-refractivity contribution in [3.8, 4) is 5.75 Å². The number of carboxylic acids is 1. The molecular formula is C20H19F3N2O5. The lowest BCUT2D eigenvalue weighted by molar-refractivity contribution is -0.141. The highest BCUT2D eigenvalue weighted by atomic mass is 19.4. The number of carboxylic acid groups (broad SMARTS) is 1. The van der Waals surface area contributed by atoms with Gasteiger partial charge in [0.1, 0.15) is 18.4 Å². The summed E-state index contributed by atoms with van der Waals surface area (Å²) < 4.78 is 43.8. The van der Waals surface area contributed by atoms with Gasteiger partial charge in [0.05, 0.1) is 12.0 Å². The molecule has 0 saturated heterocycles. The number of primary amides is 1. The number of rotatable bonds is 8. The normalized spacial score (nSPS) is 12.1. The monoisotopic (exact) mass is 424 g/mol. The first-order valence-electron chi connectivity index (χ1n) is 8.69. The Kier molecular flexibility index (Phi) is 7.04. The fourth-order valence-electron chi connectivity index (χ4n) is 2.59. The number of carbonyl (C=O) groups is 3. The summed E-state index contributed by atoms with van der Waals surface area (Å²) in [5.41, 5.74) is 5.15. The van der Waals surface area contributed by atoms with Gasteiger partial charge in [0.2, 0.25) is 5.91 Å². The van der Waals surface area contributed by atoms with E-state index in [1.165, 1.54) is 31.2 Å². The maximum absolute atomic E-state index is 12.7. The van der Waals surface area contributed by atoms with Crippen molar-refractivity contribution in [3.63, 3.8) is 0 Å². The summed E-state index contributed by atoms with van der Waals surface area (Å²) in [6.07, 6.45) is -5.01. The molecule has 2 aromatic carbocycles. The van der Waals surface area contributed by atoms with E-state index < -0.39 is 42.0 Å². The third kappa shape index (κ3) is 6.23. The van der Waals surface area contributed by atoms with Gasteiger partial charge in [0.25, 0.3) is 5.91 Å². The van der Waals surface area contributed by atoms with Crippen LogP contribution in [0.4, 0.5) is 13.2 Å². The SMILES string of the molecule is Cc1cc(C(F)(F)F)ccc1OCc1cccc(C(=O)N[C@@H](CC(N)=O)C(=O)O)c1. The zero-order valence-electron chi connectivity index (χ0n) is 15.8. The summed E-state index contributed by atoms with van der Waals surface area (Å²) >= 11 is 0. The highest BCUT2D eigenvalue weighted by molar-refractivity contribution is 5.97. The van der Waals surface area contributed by atoms with Crippen LogP contribution >= 0.6 is 0 Å². The number of carbonyl (C=O) groups excluding carboxylic acids is 2. The van der Waals surface area contributed by atoms with Gasteiger partial charge in [-0.3, -0.25) is 9.59 Å². The van der Waals surface area contributed by atoms with Crippen LogP contribution in [0.15, 0.2) is 42.5 Å². The maximum atomic E-state index is 12.7. The number of nitrogens with two attached hydrogens (primary N) is 1. The first-order chi connectivity index (χ1) is 14.0. The Morgan fingerprint density at radius 3 is 2.43 bits per heavy atom. The smallest absolute Gasteiger partial charge is 0.416 e. The van der Waals surface area contributed by atoms with Crippen LogP contribution in [0.5, 0.6) is 5.75 Å². The number of alkyl halides is 3. The van der Waals surface area contributed by atoms with Gasteiger partial charge in [-0.05, 0) is 48.4 Å². The van der Waals surface area contributed by atoms with Crippen LogP contribution in [-0.4, -0.2) is 28.9 Å². The molecule has 2 amide bonds. The standard InChI is InChI=1S/C20H19F3N2O5/c1-11-7-14(20(21,22)23)5-6-16(11)30-10-12-3-2-4-13(8-12)18(27)25-15(19(28)29)9-17(24)26/h2-8,15H,9-10H2,1H3,(H2,24,26)(H,25,27)(H,28,29)/t15-/m0/s1. The number of hydrogen-bond acceptors (Lipinski definition) is 4. The lowest BCUT2D eigenvalue weighted by Gasteiger charge is -2.14. The molecule has 0 bridgehead atoms. The predicted octanol–water partition coefficient (Wildman–Crippen LogP) is 2.65. The van der Waals surface area contributed by atoms with E-state index in [0.29, 0.717) is 11.1 Å². The second kappa shape index (κ2) is 9.29. The number of nitrogens with one attached hydrogen (secondary N) is 1. The van der Waals surface area contributed by atoms with Crippen LogP contribution in [0.2, 0.25) is 0 Å². The van der Waals surface area contributed by atoms with Gasteiger partial charge in [0, 0.05) is 5.56 Å². The largest absolute Gasteiger partial charge is 0.489 e. The van der Waals surface area contributed by atoms with Crippen molar-refractivity contribution in [2.24, 2.45) is 5.73 Å². The van der Waals surface area contributed by atoms with E-state index in [0.717, 1.165) is 12.1 Å². The molecule has 30 heavy (non-hydrogen) atoms. The number of aliphatic carboxylic acids is 1. The van der Waals surface area contributed by atoms with E-state index in [9.17, 15) is 27.6 Å². The van der Waals surface area contributed by atoms with Crippen LogP contribution in [0.25, 0.3) is 0 Å². The van der Waals surface area contributed by atoms with E-state index in [-0.39, 0.29) is 17.9 Å². The molecule has 0 aliphatic rings. The Labute approximate surface area is 169 Å². The highest BCUT2D eigenvalue weighted by Crippen LogP contribution is 2.32. The summed E-state index contributed by atoms with van der Waals surface area (Å²) in [4.78, 5) is 34.4. The van der Waals surface area contributed by atoms with Gasteiger partial charge in [-0.1, -0.05) is 12.1 Å². The van der Waals surface area contributed by atoms with Crippen LogP contribution in [0.1, 0.15) is 33.5 Å². The molecule has 0 aliphatic heterocycles. The van der Waals surface area contributed by atoms with Crippen molar-refractivity contribution in [2.45, 2.75) is 32.2 Å². The molecule has 0 radical (unpaired) electrons. The summed E-state index contributed by atoms with van der Waals surface area (Å²) in [5, 5.41) is 11.3. The summed E-state index contributed by atoms with van der Waals surface area (Å²) in [6.45, 7) is 1.45. The van der Waals surface area contributed by atoms with E-state index in [2.05, 4.69) is 5.32 Å². The molecule has 7 nitrogen and oxygen atoms in total. The Balaban J connectivity index is 2.08. The van der Waals surface area contributed by atoms with Crippen molar-refractivity contribution in [3.05, 3.63) is 64.7 Å². The molecule has 0 fully saturated rings. The Morgan fingerprint density at radius 2 is 1.87 bits per heavy atom. The molecule has 0 saturated carbocycles. The van der Waals surface area contributed by atoms with Crippen LogP contribution in [0, 0.1) is 6.92 Å². The van der Waals surface area contributed by atoms with Crippen molar-refractivity contribution >= 4 is 17.8 Å². The maximum Gasteiger partial charge on any atom is 0.416 e. The van der Waals surface area contributed by atoms with E-state index in [1.807, 2.05) is 0 Å². The molecule has 0 unspecified atom stereocenters. The fourth-order valence-corrected chi connectivity index (χ4v) is 2.59. The number of benzene rings is 2. The molecular weight excluding hydrogens is 405 g/mol. The minimum Gasteiger partial charge on any atom is -0.489 e. The summed E-state index contributed by atoms with van der Waals surface area (Å²) in [7, 11) is 0. The molecule has 10 heteroatoms. The molecule has 0 heterocycles. The number of aryl methyl sites for hydroxylation is 1. The second-order valence-corrected chi connectivity index (χ2v) is 6.50. The Hall–Kier alpha value is -3.56. The van der Waals surface area contributed by atoms with Gasteiger partial charge < -0.3 is 20.9 Å². The average Bonchev–Trinajstić information content (AvgIpc) is 2.65. The molecule has 2 rings (SSSR count). The summed E-state index contributed by atoms with van der Waals surface area (Å²) in [5.74, 6) is -2.75. The van der Waals surface area contributed by atoms with Crippen LogP contribution < -0.4 is 15.8 Å². The predicted molar refractivity (Wildman–Crippen MR) is 99.7 cm³/mol. The van der Waals surface area contributed by atoms with Crippen molar-refractivity contribution in [2.75, 3.05) is 0 Å². The molecule has 0 aliphatic carbocycles. The van der Waals surface area contributed by atoms with Crippen molar-refractivity contribution < 1.29 is 37.4 Å². The molecule has 2 aromatic rings. The fraction of sp³-hybridized carbons (Fsp3) is 0.250. The zero-order valence-corrected chi connectivity index (χ0v) is 15.8.